The van der Waals surface area contributed by atoms with Crippen LogP contribution in [-0.4, -0.2) is 60.0 Å². The third-order valence-corrected chi connectivity index (χ3v) is 6.88. The van der Waals surface area contributed by atoms with E-state index in [1.165, 1.54) is 6.92 Å². The Kier molecular flexibility index (Phi) is 10.8. The second-order valence-electron chi connectivity index (χ2n) is 11.2. The molecule has 0 saturated heterocycles. The lowest BCUT2D eigenvalue weighted by Gasteiger charge is -2.38. The molecule has 7 nitrogen and oxygen atoms in total. The minimum atomic E-state index is -1.03. The van der Waals surface area contributed by atoms with E-state index in [4.69, 9.17) is 0 Å². The topological polar surface area (TPSA) is 98.7 Å². The van der Waals surface area contributed by atoms with Crippen molar-refractivity contribution in [3.05, 3.63) is 83.4 Å². The van der Waals surface area contributed by atoms with E-state index in [0.29, 0.717) is 0 Å². The van der Waals surface area contributed by atoms with Gasteiger partial charge in [0, 0.05) is 18.5 Å². The third-order valence-electron chi connectivity index (χ3n) is 6.88. The van der Waals surface area contributed by atoms with Crippen LogP contribution in [0.2, 0.25) is 0 Å². The summed E-state index contributed by atoms with van der Waals surface area (Å²) in [5.41, 5.74) is 1.54. The van der Waals surface area contributed by atoms with E-state index in [-0.39, 0.29) is 29.2 Å². The largest absolute Gasteiger partial charge is 0.478 e. The molecular formula is C31H43N3O4. The molecule has 2 aromatic carbocycles. The molecule has 0 aliphatic carbocycles. The first kappa shape index (κ1) is 30.8. The first-order valence-electron chi connectivity index (χ1n) is 13.1. The fraction of sp³-hybridized carbons (Fsp3) is 0.452. The Morgan fingerprint density at radius 2 is 1.39 bits per heavy atom. The van der Waals surface area contributed by atoms with E-state index in [9.17, 15) is 19.5 Å². The first-order valence-corrected chi connectivity index (χ1v) is 13.1. The molecule has 206 valence electrons. The number of hydrogen-bond donors (Lipinski definition) is 3. The van der Waals surface area contributed by atoms with Crippen LogP contribution in [0.4, 0.5) is 0 Å². The van der Waals surface area contributed by atoms with Gasteiger partial charge in [-0.15, -0.1) is 0 Å². The van der Waals surface area contributed by atoms with Crippen molar-refractivity contribution in [2.45, 2.75) is 65.6 Å². The molecule has 3 atom stereocenters. The van der Waals surface area contributed by atoms with Crippen LogP contribution >= 0.6 is 0 Å². The van der Waals surface area contributed by atoms with Crippen molar-refractivity contribution < 1.29 is 19.5 Å². The highest BCUT2D eigenvalue weighted by Crippen LogP contribution is 2.29. The second kappa shape index (κ2) is 13.4. The van der Waals surface area contributed by atoms with Gasteiger partial charge in [-0.3, -0.25) is 9.59 Å². The van der Waals surface area contributed by atoms with Crippen LogP contribution in [0, 0.1) is 11.3 Å². The predicted octanol–water partition coefficient (Wildman–Crippen LogP) is 4.45. The number of aliphatic carboxylic acids is 1. The van der Waals surface area contributed by atoms with Crippen LogP contribution in [0.1, 0.15) is 58.6 Å². The highest BCUT2D eigenvalue weighted by Gasteiger charge is 2.39. The van der Waals surface area contributed by atoms with E-state index in [2.05, 4.69) is 10.6 Å². The van der Waals surface area contributed by atoms with Crippen molar-refractivity contribution in [2.75, 3.05) is 14.1 Å². The van der Waals surface area contributed by atoms with Gasteiger partial charge in [0.2, 0.25) is 11.8 Å². The van der Waals surface area contributed by atoms with Gasteiger partial charge < -0.3 is 20.6 Å². The fourth-order valence-electron chi connectivity index (χ4n) is 4.66. The molecule has 7 heteroatoms. The van der Waals surface area contributed by atoms with Crippen LogP contribution in [0.25, 0.3) is 0 Å². The summed E-state index contributed by atoms with van der Waals surface area (Å²) in [6, 6.07) is 17.8. The van der Waals surface area contributed by atoms with E-state index >= 15 is 0 Å². The first-order chi connectivity index (χ1) is 17.8. The van der Waals surface area contributed by atoms with Crippen molar-refractivity contribution in [1.29, 1.82) is 0 Å². The smallest absolute Gasteiger partial charge is 0.331 e. The number of rotatable bonds is 11. The lowest BCUT2D eigenvalue weighted by molar-refractivity contribution is -0.140. The zero-order chi connectivity index (χ0) is 28.6. The maximum Gasteiger partial charge on any atom is 0.331 e. The van der Waals surface area contributed by atoms with Crippen molar-refractivity contribution in [2.24, 2.45) is 11.3 Å². The molecule has 0 spiro atoms. The maximum absolute atomic E-state index is 13.9. The minimum absolute atomic E-state index is 0.0276. The normalized spacial score (nSPS) is 14.6. The summed E-state index contributed by atoms with van der Waals surface area (Å²) >= 11 is 0. The fourth-order valence-corrected chi connectivity index (χ4v) is 4.66. The van der Waals surface area contributed by atoms with Gasteiger partial charge in [-0.05, 0) is 36.4 Å². The molecule has 0 radical (unpaired) electrons. The summed E-state index contributed by atoms with van der Waals surface area (Å²) in [7, 11) is 3.41. The van der Waals surface area contributed by atoms with Crippen LogP contribution in [0.15, 0.2) is 72.3 Å². The van der Waals surface area contributed by atoms with Gasteiger partial charge in [-0.25, -0.2) is 4.79 Å². The Morgan fingerprint density at radius 3 is 1.76 bits per heavy atom. The Bertz CT molecular complexity index is 1070. The summed E-state index contributed by atoms with van der Waals surface area (Å²) < 4.78 is 0. The molecule has 0 aliphatic heterocycles. The summed E-state index contributed by atoms with van der Waals surface area (Å²) in [5.74, 6) is -1.89. The van der Waals surface area contributed by atoms with Gasteiger partial charge in [0.15, 0.2) is 0 Å². The maximum atomic E-state index is 13.9. The van der Waals surface area contributed by atoms with Crippen LogP contribution < -0.4 is 10.6 Å². The number of benzene rings is 2. The van der Waals surface area contributed by atoms with Crippen molar-refractivity contribution in [3.63, 3.8) is 0 Å². The molecule has 0 bridgehead atoms. The van der Waals surface area contributed by atoms with Crippen LogP contribution in [-0.2, 0) is 14.4 Å². The van der Waals surface area contributed by atoms with Crippen LogP contribution in [0.5, 0.6) is 0 Å². The number of nitrogens with zero attached hydrogens (tertiary/aromatic N) is 1. The minimum Gasteiger partial charge on any atom is -0.478 e. The third kappa shape index (κ3) is 7.78. The van der Waals surface area contributed by atoms with E-state index in [1.807, 2.05) is 95.3 Å². The Balaban J connectivity index is 2.44. The zero-order valence-corrected chi connectivity index (χ0v) is 23.9. The number of carbonyl (C=O) groups is 3. The molecule has 2 amide bonds. The Labute approximate surface area is 227 Å². The summed E-state index contributed by atoms with van der Waals surface area (Å²) in [6.45, 7) is 11.1. The number of carboxylic acid groups (broad SMARTS) is 1. The van der Waals surface area contributed by atoms with Crippen LogP contribution in [0.3, 0.4) is 0 Å². The number of carboxylic acids is 1. The molecule has 2 unspecified atom stereocenters. The summed E-state index contributed by atoms with van der Waals surface area (Å²) in [6.07, 6.45) is 1.60. The standard InChI is InChI=1S/C31H43N3O4/c1-20(2)24(19-21(3)30(37)38)34(8)29(36)27(31(4,5)6)33-28(35)26(32-7)25(22-15-11-9-12-16-22)23-17-13-10-14-18-23/h9-20,24-27,32H,1-8H3,(H,33,35)(H,37,38)/b21-19+/t24?,26-,27?/m0/s1. The second-order valence-corrected chi connectivity index (χ2v) is 11.2. The summed E-state index contributed by atoms with van der Waals surface area (Å²) in [4.78, 5) is 40.7. The van der Waals surface area contributed by atoms with Gasteiger partial charge in [-0.1, -0.05) is 101 Å². The molecule has 2 aromatic rings. The molecule has 0 aliphatic rings. The van der Waals surface area contributed by atoms with Crippen molar-refractivity contribution in [1.82, 2.24) is 15.5 Å². The number of nitrogens with one attached hydrogen (secondary N) is 2. The van der Waals surface area contributed by atoms with E-state index in [1.54, 1.807) is 25.1 Å². The molecule has 0 saturated carbocycles. The average molecular weight is 522 g/mol. The van der Waals surface area contributed by atoms with Gasteiger partial charge in [-0.2, -0.15) is 0 Å². The Hall–Kier alpha value is -3.45. The van der Waals surface area contributed by atoms with Gasteiger partial charge >= 0.3 is 5.97 Å². The lowest BCUT2D eigenvalue weighted by atomic mass is 9.82. The Morgan fingerprint density at radius 1 is 0.921 bits per heavy atom. The average Bonchev–Trinajstić information content (AvgIpc) is 2.87. The molecule has 0 fully saturated rings. The molecular weight excluding hydrogens is 478 g/mol. The number of carbonyl (C=O) groups excluding carboxylic acids is 2. The number of hydrogen-bond acceptors (Lipinski definition) is 4. The summed E-state index contributed by atoms with van der Waals surface area (Å²) in [5, 5.41) is 15.6. The molecule has 2 rings (SSSR count). The molecule has 3 N–H and O–H groups in total. The van der Waals surface area contributed by atoms with Gasteiger partial charge in [0.25, 0.3) is 0 Å². The molecule has 0 aromatic heterocycles. The lowest BCUT2D eigenvalue weighted by Crippen LogP contribution is -2.59. The van der Waals surface area contributed by atoms with Gasteiger partial charge in [0.05, 0.1) is 12.1 Å². The highest BCUT2D eigenvalue weighted by molar-refractivity contribution is 5.91. The monoisotopic (exact) mass is 521 g/mol. The highest BCUT2D eigenvalue weighted by atomic mass is 16.4. The van der Waals surface area contributed by atoms with Crippen molar-refractivity contribution >= 4 is 17.8 Å². The molecule has 0 heterocycles. The van der Waals surface area contributed by atoms with Crippen molar-refractivity contribution in [3.8, 4) is 0 Å². The van der Waals surface area contributed by atoms with Gasteiger partial charge in [0.1, 0.15) is 6.04 Å². The van der Waals surface area contributed by atoms with E-state index in [0.717, 1.165) is 11.1 Å². The predicted molar refractivity (Wildman–Crippen MR) is 152 cm³/mol. The zero-order valence-electron chi connectivity index (χ0n) is 23.9. The number of likely N-dealkylation sites (N-methyl/N-ethyl adjacent to an activating group) is 2. The number of amides is 2. The molecule has 38 heavy (non-hydrogen) atoms. The SMILES string of the molecule is CN[C@H](C(=O)NC(C(=O)N(C)C(/C=C(\C)C(=O)O)C(C)C)C(C)(C)C)C(c1ccccc1)c1ccccc1. The quantitative estimate of drug-likeness (QED) is 0.380. The van der Waals surface area contributed by atoms with E-state index < -0.39 is 29.5 Å².